The van der Waals surface area contributed by atoms with Crippen LogP contribution in [0.4, 0.5) is 15.8 Å². The first-order valence-electron chi connectivity index (χ1n) is 10.6. The van der Waals surface area contributed by atoms with Crippen molar-refractivity contribution < 1.29 is 19.0 Å². The fourth-order valence-electron chi connectivity index (χ4n) is 4.00. The van der Waals surface area contributed by atoms with Crippen molar-refractivity contribution in [2.24, 2.45) is 0 Å². The Hall–Kier alpha value is -3.06. The van der Waals surface area contributed by atoms with Crippen molar-refractivity contribution in [2.45, 2.75) is 29.8 Å². The van der Waals surface area contributed by atoms with Crippen LogP contribution in [0.5, 0.6) is 5.75 Å². The molecule has 0 radical (unpaired) electrons. The zero-order chi connectivity index (χ0) is 23.9. The van der Waals surface area contributed by atoms with Gasteiger partial charge in [-0.3, -0.25) is 0 Å². The van der Waals surface area contributed by atoms with Crippen LogP contribution in [0.25, 0.3) is 10.9 Å². The minimum atomic E-state index is -1.43. The molecular formula is C23H26AsFN4O4. The molecule has 1 aliphatic carbocycles. The number of carboxylic acids is 1. The zero-order valence-electron chi connectivity index (χ0n) is 18.7. The summed E-state index contributed by atoms with van der Waals surface area (Å²) < 4.78 is 24.0. The van der Waals surface area contributed by atoms with Gasteiger partial charge in [-0.2, -0.15) is 0 Å². The number of carbonyl (C=O) groups is 1. The second-order valence-electron chi connectivity index (χ2n) is 8.18. The maximum absolute atomic E-state index is 15.6. The number of fused-ring (bicyclic) bond motifs is 1. The van der Waals surface area contributed by atoms with E-state index in [0.717, 1.165) is 22.5 Å². The van der Waals surface area contributed by atoms with E-state index >= 15 is 4.39 Å². The van der Waals surface area contributed by atoms with Crippen LogP contribution < -0.4 is 25.3 Å². The summed E-state index contributed by atoms with van der Waals surface area (Å²) in [6, 6.07) is 5.88. The molecule has 0 saturated heterocycles. The molecule has 1 aliphatic rings. The molecule has 1 unspecified atom stereocenters. The Kier molecular flexibility index (Phi) is 6.34. The minimum absolute atomic E-state index is 0.0140. The molecule has 10 heteroatoms. The summed E-state index contributed by atoms with van der Waals surface area (Å²) >= 11 is -1.43. The Morgan fingerprint density at radius 3 is 2.73 bits per heavy atom. The standard InChI is InChI=1S/C23H26AsFN4O4/c1-24(15-6-4-5-10-27-15)9-11-28(2)20-17(25)18(26)16-19(22(20)33-3)29(13-7-8-13)12-14(21(16)30)23(31)32/h4-6,10,12-13H,7-9,11,26H2,1-3H3,(H,31,32). The third-order valence-electron chi connectivity index (χ3n) is 5.95. The number of nitrogens with two attached hydrogens (primary N) is 1. The predicted octanol–water partition coefficient (Wildman–Crippen LogP) is 2.63. The molecule has 0 aliphatic heterocycles. The van der Waals surface area contributed by atoms with E-state index in [-0.39, 0.29) is 28.6 Å². The van der Waals surface area contributed by atoms with E-state index in [0.29, 0.717) is 12.1 Å². The Morgan fingerprint density at radius 1 is 1.42 bits per heavy atom. The Morgan fingerprint density at radius 2 is 2.15 bits per heavy atom. The molecule has 33 heavy (non-hydrogen) atoms. The Labute approximate surface area is 195 Å². The number of rotatable bonds is 8. The van der Waals surface area contributed by atoms with Gasteiger partial charge in [-0.15, -0.1) is 0 Å². The van der Waals surface area contributed by atoms with Crippen LogP contribution in [-0.2, 0) is 0 Å². The molecule has 0 spiro atoms. The second-order valence-corrected chi connectivity index (χ2v) is 13.0. The van der Waals surface area contributed by atoms with Gasteiger partial charge in [0.15, 0.2) is 0 Å². The normalized spacial score (nSPS) is 14.3. The van der Waals surface area contributed by atoms with Crippen LogP contribution >= 0.6 is 0 Å². The first-order valence-corrected chi connectivity index (χ1v) is 14.7. The van der Waals surface area contributed by atoms with Crippen LogP contribution in [-0.4, -0.2) is 56.0 Å². The van der Waals surface area contributed by atoms with Crippen molar-refractivity contribution in [3.05, 3.63) is 52.2 Å². The molecule has 4 rings (SSSR count). The van der Waals surface area contributed by atoms with Crippen molar-refractivity contribution in [2.75, 3.05) is 31.3 Å². The molecule has 1 saturated carbocycles. The van der Waals surface area contributed by atoms with Gasteiger partial charge in [0.25, 0.3) is 0 Å². The van der Waals surface area contributed by atoms with Crippen LogP contribution in [0, 0.1) is 5.82 Å². The van der Waals surface area contributed by atoms with E-state index in [4.69, 9.17) is 10.5 Å². The summed E-state index contributed by atoms with van der Waals surface area (Å²) in [6.45, 7) is 0.548. The number of pyridine rings is 2. The number of nitrogen functional groups attached to an aromatic ring is 1. The average Bonchev–Trinajstić information content (AvgIpc) is 3.65. The fourth-order valence-corrected chi connectivity index (χ4v) is 7.00. The number of ether oxygens (including phenoxy) is 1. The van der Waals surface area contributed by atoms with Crippen LogP contribution in [0.3, 0.4) is 0 Å². The Balaban J connectivity index is 1.83. The van der Waals surface area contributed by atoms with Crippen molar-refractivity contribution in [3.8, 4) is 5.75 Å². The number of benzene rings is 1. The Bertz CT molecular complexity index is 1280. The number of aromatic nitrogens is 2. The summed E-state index contributed by atoms with van der Waals surface area (Å²) in [4.78, 5) is 30.8. The second kappa shape index (κ2) is 9.06. The van der Waals surface area contributed by atoms with Gasteiger partial charge in [-0.05, 0) is 0 Å². The SMILES string of the molecule is COc1c(N(C)CC[As](C)c2ccccn2)c(F)c(N)c2c(=O)c(C(=O)O)cn(C3CC3)c12. The fraction of sp³-hybridized carbons (Fsp3) is 0.348. The van der Waals surface area contributed by atoms with E-state index < -0.39 is 37.4 Å². The third kappa shape index (κ3) is 4.17. The van der Waals surface area contributed by atoms with E-state index in [1.54, 1.807) is 22.7 Å². The number of methoxy groups -OCH3 is 1. The van der Waals surface area contributed by atoms with Crippen molar-refractivity contribution in [1.82, 2.24) is 9.55 Å². The first-order chi connectivity index (χ1) is 15.8. The summed E-state index contributed by atoms with van der Waals surface area (Å²) in [7, 11) is 3.18. The van der Waals surface area contributed by atoms with E-state index in [1.807, 2.05) is 18.2 Å². The van der Waals surface area contributed by atoms with Crippen molar-refractivity contribution >= 4 is 47.4 Å². The van der Waals surface area contributed by atoms with Gasteiger partial charge in [0, 0.05) is 0 Å². The monoisotopic (exact) mass is 516 g/mol. The predicted molar refractivity (Wildman–Crippen MR) is 128 cm³/mol. The van der Waals surface area contributed by atoms with E-state index in [2.05, 4.69) is 10.7 Å². The topological polar surface area (TPSA) is 111 Å². The summed E-state index contributed by atoms with van der Waals surface area (Å²) in [6.07, 6.45) is 4.76. The van der Waals surface area contributed by atoms with Gasteiger partial charge < -0.3 is 0 Å². The molecule has 0 bridgehead atoms. The van der Waals surface area contributed by atoms with Gasteiger partial charge in [0.2, 0.25) is 0 Å². The summed E-state index contributed by atoms with van der Waals surface area (Å²) in [5.41, 5.74) is 7.23. The molecule has 1 fully saturated rings. The van der Waals surface area contributed by atoms with Gasteiger partial charge in [-0.1, -0.05) is 0 Å². The number of hydrogen-bond acceptors (Lipinski definition) is 6. The van der Waals surface area contributed by atoms with Crippen molar-refractivity contribution in [1.29, 1.82) is 0 Å². The molecule has 1 aromatic carbocycles. The number of carboxylic acid groups (broad SMARTS) is 1. The quantitative estimate of drug-likeness (QED) is 0.350. The van der Waals surface area contributed by atoms with Gasteiger partial charge in [-0.25, -0.2) is 0 Å². The summed E-state index contributed by atoms with van der Waals surface area (Å²) in [5, 5.41) is 10.2. The van der Waals surface area contributed by atoms with Gasteiger partial charge in [0.05, 0.1) is 0 Å². The van der Waals surface area contributed by atoms with Crippen LogP contribution in [0.2, 0.25) is 10.9 Å². The third-order valence-corrected chi connectivity index (χ3v) is 9.97. The van der Waals surface area contributed by atoms with Gasteiger partial charge in [0.1, 0.15) is 0 Å². The van der Waals surface area contributed by atoms with Gasteiger partial charge >= 0.3 is 195 Å². The molecule has 1 atom stereocenters. The number of hydrogen-bond donors (Lipinski definition) is 2. The molecule has 0 amide bonds. The molecule has 3 N–H and O–H groups in total. The number of aromatic carboxylic acids is 1. The molecule has 174 valence electrons. The zero-order valence-corrected chi connectivity index (χ0v) is 20.6. The number of anilines is 2. The number of halogens is 1. The van der Waals surface area contributed by atoms with E-state index in [1.165, 1.54) is 13.3 Å². The van der Waals surface area contributed by atoms with Crippen LogP contribution in [0.15, 0.2) is 35.4 Å². The first kappa shape index (κ1) is 23.1. The maximum atomic E-state index is 15.6. The molecule has 2 aromatic heterocycles. The number of nitrogens with zero attached hydrogens (tertiary/aromatic N) is 3. The average molecular weight is 516 g/mol. The van der Waals surface area contributed by atoms with Crippen molar-refractivity contribution in [3.63, 3.8) is 0 Å². The van der Waals surface area contributed by atoms with Crippen LogP contribution in [0.1, 0.15) is 29.2 Å². The van der Waals surface area contributed by atoms with E-state index in [9.17, 15) is 14.7 Å². The molecule has 8 nitrogen and oxygen atoms in total. The summed E-state index contributed by atoms with van der Waals surface area (Å²) in [5.74, 6) is -1.96. The molecule has 2 heterocycles. The molecule has 3 aromatic rings. The molecular weight excluding hydrogens is 490 g/mol.